The molecule has 0 saturated carbocycles. The molecule has 1 amide bonds. The molecule has 0 N–H and O–H groups in total. The number of nitrogens with zero attached hydrogens (tertiary/aromatic N) is 5. The Morgan fingerprint density at radius 1 is 1.19 bits per heavy atom. The van der Waals surface area contributed by atoms with Gasteiger partial charge in [-0.3, -0.25) is 9.78 Å². The van der Waals surface area contributed by atoms with Crippen molar-refractivity contribution in [2.75, 3.05) is 32.1 Å². The standard InChI is InChI=1S/C24H26FN5O/c1-16-8-9-17(12-20(16)25)24(31)30-11-5-7-19(15-30)21-13-22(29(2)3)28-23(27-21)18-6-4-10-26-14-18/h4,6,8-10,12-14,19H,5,7,11,15H2,1-3H3. The Balaban J connectivity index is 1.62. The first-order chi connectivity index (χ1) is 14.9. The molecule has 1 atom stereocenters. The lowest BCUT2D eigenvalue weighted by Gasteiger charge is -2.33. The van der Waals surface area contributed by atoms with E-state index >= 15 is 0 Å². The molecule has 1 aliphatic rings. The predicted octanol–water partition coefficient (Wildman–Crippen LogP) is 4.07. The second-order valence-electron chi connectivity index (χ2n) is 8.17. The van der Waals surface area contributed by atoms with Crippen molar-refractivity contribution in [1.29, 1.82) is 0 Å². The van der Waals surface area contributed by atoms with Crippen molar-refractivity contribution in [1.82, 2.24) is 19.9 Å². The Kier molecular flexibility index (Phi) is 5.93. The van der Waals surface area contributed by atoms with E-state index in [1.165, 1.54) is 6.07 Å². The number of hydrogen-bond acceptors (Lipinski definition) is 5. The monoisotopic (exact) mass is 419 g/mol. The number of pyridine rings is 1. The molecule has 0 aliphatic carbocycles. The van der Waals surface area contributed by atoms with Crippen molar-refractivity contribution in [3.8, 4) is 11.4 Å². The van der Waals surface area contributed by atoms with Gasteiger partial charge in [0.05, 0.1) is 5.69 Å². The highest BCUT2D eigenvalue weighted by Crippen LogP contribution is 2.30. The summed E-state index contributed by atoms with van der Waals surface area (Å²) >= 11 is 0. The first-order valence-electron chi connectivity index (χ1n) is 10.4. The van der Waals surface area contributed by atoms with E-state index < -0.39 is 0 Å². The van der Waals surface area contributed by atoms with Gasteiger partial charge in [-0.25, -0.2) is 14.4 Å². The number of piperidine rings is 1. The van der Waals surface area contributed by atoms with Crippen LogP contribution in [0.2, 0.25) is 0 Å². The van der Waals surface area contributed by atoms with Crippen LogP contribution in [0.5, 0.6) is 0 Å². The smallest absolute Gasteiger partial charge is 0.253 e. The van der Waals surface area contributed by atoms with Crippen molar-refractivity contribution in [2.24, 2.45) is 0 Å². The highest BCUT2D eigenvalue weighted by Gasteiger charge is 2.27. The number of carbonyl (C=O) groups is 1. The summed E-state index contributed by atoms with van der Waals surface area (Å²) in [5.74, 6) is 1.03. The summed E-state index contributed by atoms with van der Waals surface area (Å²) < 4.78 is 14.0. The normalized spacial score (nSPS) is 16.3. The second kappa shape index (κ2) is 8.79. The summed E-state index contributed by atoms with van der Waals surface area (Å²) in [6.07, 6.45) is 5.27. The van der Waals surface area contributed by atoms with Gasteiger partial charge < -0.3 is 9.80 Å². The van der Waals surface area contributed by atoms with E-state index in [-0.39, 0.29) is 17.6 Å². The average molecular weight is 420 g/mol. The van der Waals surface area contributed by atoms with Gasteiger partial charge in [-0.2, -0.15) is 0 Å². The molecule has 1 aromatic carbocycles. The number of carbonyl (C=O) groups excluding carboxylic acids is 1. The fraction of sp³-hybridized carbons (Fsp3) is 0.333. The summed E-state index contributed by atoms with van der Waals surface area (Å²) in [5, 5.41) is 0. The summed E-state index contributed by atoms with van der Waals surface area (Å²) in [6.45, 7) is 2.90. The maximum absolute atomic E-state index is 14.0. The largest absolute Gasteiger partial charge is 0.363 e. The van der Waals surface area contributed by atoms with Gasteiger partial charge in [-0.15, -0.1) is 0 Å². The molecule has 0 radical (unpaired) electrons. The Hall–Kier alpha value is -3.35. The van der Waals surface area contributed by atoms with Crippen LogP contribution in [0, 0.1) is 12.7 Å². The lowest BCUT2D eigenvalue weighted by atomic mass is 9.93. The third-order valence-corrected chi connectivity index (χ3v) is 5.66. The van der Waals surface area contributed by atoms with Gasteiger partial charge in [0.2, 0.25) is 0 Å². The Morgan fingerprint density at radius 3 is 2.74 bits per heavy atom. The number of likely N-dealkylation sites (tertiary alicyclic amines) is 1. The Labute approximate surface area is 181 Å². The van der Waals surface area contributed by atoms with E-state index in [1.54, 1.807) is 36.4 Å². The van der Waals surface area contributed by atoms with Gasteiger partial charge in [0.25, 0.3) is 5.91 Å². The first-order valence-corrected chi connectivity index (χ1v) is 10.4. The predicted molar refractivity (Wildman–Crippen MR) is 119 cm³/mol. The zero-order valence-corrected chi connectivity index (χ0v) is 18.0. The van der Waals surface area contributed by atoms with Crippen LogP contribution >= 0.6 is 0 Å². The van der Waals surface area contributed by atoms with Gasteiger partial charge in [-0.1, -0.05) is 6.07 Å². The molecule has 3 heterocycles. The van der Waals surface area contributed by atoms with Crippen molar-refractivity contribution in [2.45, 2.75) is 25.7 Å². The topological polar surface area (TPSA) is 62.2 Å². The minimum Gasteiger partial charge on any atom is -0.363 e. The van der Waals surface area contributed by atoms with Crippen molar-refractivity contribution in [3.05, 3.63) is 71.4 Å². The van der Waals surface area contributed by atoms with Gasteiger partial charge >= 0.3 is 0 Å². The maximum atomic E-state index is 14.0. The molecular weight excluding hydrogens is 393 g/mol. The molecule has 6 nitrogen and oxygen atoms in total. The van der Waals surface area contributed by atoms with Gasteiger partial charge in [0.1, 0.15) is 11.6 Å². The fourth-order valence-electron chi connectivity index (χ4n) is 3.83. The van der Waals surface area contributed by atoms with Crippen LogP contribution in [0.3, 0.4) is 0 Å². The third-order valence-electron chi connectivity index (χ3n) is 5.66. The van der Waals surface area contributed by atoms with Crippen molar-refractivity contribution in [3.63, 3.8) is 0 Å². The van der Waals surface area contributed by atoms with Crippen LogP contribution in [0.25, 0.3) is 11.4 Å². The molecule has 160 valence electrons. The lowest BCUT2D eigenvalue weighted by Crippen LogP contribution is -2.39. The van der Waals surface area contributed by atoms with E-state index in [0.29, 0.717) is 30.0 Å². The molecule has 3 aromatic rings. The summed E-state index contributed by atoms with van der Waals surface area (Å²) in [7, 11) is 3.89. The van der Waals surface area contributed by atoms with Crippen LogP contribution in [-0.2, 0) is 0 Å². The minimum absolute atomic E-state index is 0.0881. The number of aromatic nitrogens is 3. The minimum atomic E-state index is -0.355. The van der Waals surface area contributed by atoms with Crippen LogP contribution in [-0.4, -0.2) is 52.9 Å². The number of halogens is 1. The number of amides is 1. The van der Waals surface area contributed by atoms with E-state index in [2.05, 4.69) is 9.97 Å². The van der Waals surface area contributed by atoms with Gasteiger partial charge in [-0.05, 0) is 49.6 Å². The molecule has 1 unspecified atom stereocenters. The number of anilines is 1. The maximum Gasteiger partial charge on any atom is 0.253 e. The SMILES string of the molecule is Cc1ccc(C(=O)N2CCCC(c3cc(N(C)C)nc(-c4cccnc4)n3)C2)cc1F. The third kappa shape index (κ3) is 4.55. The zero-order chi connectivity index (χ0) is 22.0. The molecule has 7 heteroatoms. The number of rotatable bonds is 4. The van der Waals surface area contributed by atoms with Crippen LogP contribution in [0.1, 0.15) is 40.4 Å². The molecule has 0 spiro atoms. The number of aryl methyl sites for hydroxylation is 1. The summed E-state index contributed by atoms with van der Waals surface area (Å²) in [5.41, 5.74) is 2.68. The fourth-order valence-corrected chi connectivity index (χ4v) is 3.83. The summed E-state index contributed by atoms with van der Waals surface area (Å²) in [6, 6.07) is 10.5. The Morgan fingerprint density at radius 2 is 2.03 bits per heavy atom. The van der Waals surface area contributed by atoms with Gasteiger partial charge in [0, 0.05) is 62.7 Å². The molecular formula is C24H26FN5O. The quantitative estimate of drug-likeness (QED) is 0.638. The first kappa shape index (κ1) is 20.9. The average Bonchev–Trinajstić information content (AvgIpc) is 2.80. The van der Waals surface area contributed by atoms with E-state index in [0.717, 1.165) is 29.9 Å². The van der Waals surface area contributed by atoms with Crippen molar-refractivity contribution >= 4 is 11.7 Å². The number of hydrogen-bond donors (Lipinski definition) is 0. The highest BCUT2D eigenvalue weighted by molar-refractivity contribution is 5.94. The van der Waals surface area contributed by atoms with Gasteiger partial charge in [0.15, 0.2) is 5.82 Å². The molecule has 1 saturated heterocycles. The van der Waals surface area contributed by atoms with E-state index in [9.17, 15) is 9.18 Å². The molecule has 0 bridgehead atoms. The molecule has 4 rings (SSSR count). The Bertz CT molecular complexity index is 1090. The van der Waals surface area contributed by atoms with E-state index in [1.807, 2.05) is 37.2 Å². The van der Waals surface area contributed by atoms with Crippen LogP contribution in [0.4, 0.5) is 10.2 Å². The number of benzene rings is 1. The van der Waals surface area contributed by atoms with Crippen molar-refractivity contribution < 1.29 is 9.18 Å². The summed E-state index contributed by atoms with van der Waals surface area (Å²) in [4.78, 5) is 30.4. The highest BCUT2D eigenvalue weighted by atomic mass is 19.1. The molecule has 1 fully saturated rings. The second-order valence-corrected chi connectivity index (χ2v) is 8.17. The lowest BCUT2D eigenvalue weighted by molar-refractivity contribution is 0.0705. The van der Waals surface area contributed by atoms with E-state index in [4.69, 9.17) is 4.98 Å². The zero-order valence-electron chi connectivity index (χ0n) is 18.0. The molecule has 31 heavy (non-hydrogen) atoms. The molecule has 2 aromatic heterocycles. The molecule has 1 aliphatic heterocycles. The van der Waals surface area contributed by atoms with Crippen LogP contribution in [0.15, 0.2) is 48.8 Å². The van der Waals surface area contributed by atoms with Crippen LogP contribution < -0.4 is 4.90 Å².